The number of amides is 1. The van der Waals surface area contributed by atoms with Crippen molar-refractivity contribution in [1.29, 1.82) is 0 Å². The highest BCUT2D eigenvalue weighted by atomic mass is 35.5. The van der Waals surface area contributed by atoms with Crippen LogP contribution in [0.3, 0.4) is 0 Å². The number of halogens is 2. The summed E-state index contributed by atoms with van der Waals surface area (Å²) >= 11 is 12.5. The van der Waals surface area contributed by atoms with Crippen LogP contribution in [0, 0.1) is 0 Å². The first-order valence-corrected chi connectivity index (χ1v) is 13.6. The number of nitrogens with one attached hydrogen (secondary N) is 3. The third-order valence-electron chi connectivity index (χ3n) is 6.25. The average molecular weight is 588 g/mol. The van der Waals surface area contributed by atoms with E-state index in [0.717, 1.165) is 26.1 Å². The van der Waals surface area contributed by atoms with E-state index < -0.39 is 0 Å². The molecule has 0 aliphatic carbocycles. The fourth-order valence-corrected chi connectivity index (χ4v) is 4.76. The molecule has 1 aromatic heterocycles. The SMILES string of the molecule is C=CC(=O)Nc1cc(Nc2cc(Nc3cc(OC)c(Cl)cc3Cl)ncn2)c(OC)cc1OCCCN1CCCC1. The summed E-state index contributed by atoms with van der Waals surface area (Å²) in [4.78, 5) is 23.2. The van der Waals surface area contributed by atoms with E-state index in [0.29, 0.717) is 62.6 Å². The van der Waals surface area contributed by atoms with E-state index in [-0.39, 0.29) is 5.91 Å². The molecular weight excluding hydrogens is 555 g/mol. The zero-order chi connectivity index (χ0) is 28.5. The van der Waals surface area contributed by atoms with Crippen molar-refractivity contribution in [2.45, 2.75) is 19.3 Å². The average Bonchev–Trinajstić information content (AvgIpc) is 3.47. The van der Waals surface area contributed by atoms with Crippen LogP contribution >= 0.6 is 23.2 Å². The van der Waals surface area contributed by atoms with Gasteiger partial charge in [-0.15, -0.1) is 0 Å². The largest absolute Gasteiger partial charge is 0.495 e. The summed E-state index contributed by atoms with van der Waals surface area (Å²) in [6.07, 6.45) is 5.97. The number of rotatable bonds is 13. The number of likely N-dealkylation sites (tertiary alicyclic amines) is 1. The molecule has 4 rings (SSSR count). The molecule has 1 amide bonds. The zero-order valence-electron chi connectivity index (χ0n) is 22.4. The lowest BCUT2D eigenvalue weighted by molar-refractivity contribution is -0.111. The maximum absolute atomic E-state index is 12.2. The van der Waals surface area contributed by atoms with E-state index >= 15 is 0 Å². The molecule has 0 radical (unpaired) electrons. The Labute approximate surface area is 243 Å². The Morgan fingerprint density at radius 2 is 1.62 bits per heavy atom. The lowest BCUT2D eigenvalue weighted by Crippen LogP contribution is -2.22. The van der Waals surface area contributed by atoms with Crippen LogP contribution in [-0.4, -0.2) is 61.2 Å². The number of aromatic nitrogens is 2. The summed E-state index contributed by atoms with van der Waals surface area (Å²) in [7, 11) is 3.08. The van der Waals surface area contributed by atoms with Crippen LogP contribution in [0.1, 0.15) is 19.3 Å². The number of carbonyl (C=O) groups excluding carboxylic acids is 1. The Hall–Kier alpha value is -3.73. The molecule has 1 saturated heterocycles. The van der Waals surface area contributed by atoms with Crippen molar-refractivity contribution in [3.63, 3.8) is 0 Å². The number of ether oxygens (including phenoxy) is 3. The molecule has 212 valence electrons. The van der Waals surface area contributed by atoms with Gasteiger partial charge in [-0.2, -0.15) is 0 Å². The van der Waals surface area contributed by atoms with Crippen LogP contribution in [0.4, 0.5) is 28.7 Å². The van der Waals surface area contributed by atoms with Gasteiger partial charge in [0.2, 0.25) is 5.91 Å². The highest BCUT2D eigenvalue weighted by Crippen LogP contribution is 2.39. The summed E-state index contributed by atoms with van der Waals surface area (Å²) in [6.45, 7) is 7.30. The molecule has 2 aromatic carbocycles. The van der Waals surface area contributed by atoms with Crippen molar-refractivity contribution in [1.82, 2.24) is 14.9 Å². The van der Waals surface area contributed by atoms with Gasteiger partial charge in [0, 0.05) is 24.7 Å². The van der Waals surface area contributed by atoms with Crippen molar-refractivity contribution in [3.05, 3.63) is 59.4 Å². The molecule has 1 aliphatic rings. The molecule has 0 spiro atoms. The fourth-order valence-electron chi connectivity index (χ4n) is 4.26. The third kappa shape index (κ3) is 7.68. The molecule has 1 aliphatic heterocycles. The second-order valence-corrected chi connectivity index (χ2v) is 9.81. The number of carbonyl (C=O) groups is 1. The van der Waals surface area contributed by atoms with Crippen molar-refractivity contribution < 1.29 is 19.0 Å². The summed E-state index contributed by atoms with van der Waals surface area (Å²) in [6, 6.07) is 8.43. The number of nitrogens with zero attached hydrogens (tertiary/aromatic N) is 3. The maximum atomic E-state index is 12.2. The van der Waals surface area contributed by atoms with Crippen LogP contribution in [0.2, 0.25) is 10.0 Å². The number of anilines is 5. The van der Waals surface area contributed by atoms with E-state index in [4.69, 9.17) is 37.4 Å². The summed E-state index contributed by atoms with van der Waals surface area (Å²) in [5.74, 6) is 2.05. The molecule has 0 saturated carbocycles. The smallest absolute Gasteiger partial charge is 0.247 e. The van der Waals surface area contributed by atoms with Crippen molar-refractivity contribution in [3.8, 4) is 17.2 Å². The van der Waals surface area contributed by atoms with E-state index in [9.17, 15) is 4.79 Å². The molecule has 1 fully saturated rings. The number of benzene rings is 2. The molecule has 3 aromatic rings. The first kappa shape index (κ1) is 29.3. The molecule has 3 N–H and O–H groups in total. The standard InChI is InChI=1S/C28H32Cl2N6O4/c1-4-28(37)35-22-13-21(24(39-3)15-25(22)40-11-7-10-36-8-5-6-9-36)34-27-16-26(31-17-32-27)33-20-14-23(38-2)19(30)12-18(20)29/h4,12-17H,1,5-11H2,2-3H3,(H,35,37)(H2,31,32,33,34). The monoisotopic (exact) mass is 586 g/mol. The van der Waals surface area contributed by atoms with E-state index in [1.807, 2.05) is 0 Å². The first-order chi connectivity index (χ1) is 19.4. The second kappa shape index (κ2) is 14.1. The molecule has 40 heavy (non-hydrogen) atoms. The third-order valence-corrected chi connectivity index (χ3v) is 6.86. The topological polar surface area (TPSA) is 110 Å². The molecule has 0 bridgehead atoms. The van der Waals surface area contributed by atoms with Gasteiger partial charge in [-0.25, -0.2) is 9.97 Å². The lowest BCUT2D eigenvalue weighted by atomic mass is 10.2. The molecular formula is C28H32Cl2N6O4. The van der Waals surface area contributed by atoms with Gasteiger partial charge in [0.05, 0.1) is 47.9 Å². The number of hydrogen-bond acceptors (Lipinski definition) is 9. The van der Waals surface area contributed by atoms with Crippen LogP contribution < -0.4 is 30.2 Å². The maximum Gasteiger partial charge on any atom is 0.247 e. The highest BCUT2D eigenvalue weighted by molar-refractivity contribution is 6.37. The Morgan fingerprint density at radius 1 is 0.925 bits per heavy atom. The Bertz CT molecular complexity index is 1350. The van der Waals surface area contributed by atoms with Crippen LogP contribution in [0.5, 0.6) is 17.2 Å². The Kier molecular flexibility index (Phi) is 10.3. The van der Waals surface area contributed by atoms with Gasteiger partial charge in [-0.3, -0.25) is 4.79 Å². The number of hydrogen-bond donors (Lipinski definition) is 3. The number of methoxy groups -OCH3 is 2. The summed E-state index contributed by atoms with van der Waals surface area (Å²) in [5.41, 5.74) is 1.59. The van der Waals surface area contributed by atoms with Crippen LogP contribution in [0.25, 0.3) is 0 Å². The zero-order valence-corrected chi connectivity index (χ0v) is 23.9. The van der Waals surface area contributed by atoms with E-state index in [2.05, 4.69) is 37.4 Å². The second-order valence-electron chi connectivity index (χ2n) is 9.00. The highest BCUT2D eigenvalue weighted by Gasteiger charge is 2.16. The van der Waals surface area contributed by atoms with Gasteiger partial charge < -0.3 is 35.1 Å². The van der Waals surface area contributed by atoms with Crippen molar-refractivity contribution >= 4 is 57.8 Å². The molecule has 2 heterocycles. The van der Waals surface area contributed by atoms with E-state index in [1.54, 1.807) is 37.4 Å². The normalized spacial score (nSPS) is 13.0. The minimum Gasteiger partial charge on any atom is -0.495 e. The van der Waals surface area contributed by atoms with Gasteiger partial charge in [0.1, 0.15) is 35.2 Å². The van der Waals surface area contributed by atoms with Gasteiger partial charge in [-0.1, -0.05) is 29.8 Å². The van der Waals surface area contributed by atoms with Gasteiger partial charge in [-0.05, 0) is 50.6 Å². The molecule has 0 unspecified atom stereocenters. The quantitative estimate of drug-likeness (QED) is 0.157. The fraction of sp³-hybridized carbons (Fsp3) is 0.321. The van der Waals surface area contributed by atoms with Gasteiger partial charge >= 0.3 is 0 Å². The predicted molar refractivity (Wildman–Crippen MR) is 159 cm³/mol. The molecule has 0 atom stereocenters. The molecule has 10 nitrogen and oxygen atoms in total. The van der Waals surface area contributed by atoms with E-state index in [1.165, 1.54) is 32.4 Å². The van der Waals surface area contributed by atoms with Crippen LogP contribution in [0.15, 0.2) is 49.3 Å². The molecule has 12 heteroatoms. The van der Waals surface area contributed by atoms with Gasteiger partial charge in [0.15, 0.2) is 0 Å². The van der Waals surface area contributed by atoms with Gasteiger partial charge in [0.25, 0.3) is 0 Å². The Balaban J connectivity index is 1.53. The van der Waals surface area contributed by atoms with Crippen molar-refractivity contribution in [2.75, 3.05) is 56.4 Å². The first-order valence-electron chi connectivity index (χ1n) is 12.8. The lowest BCUT2D eigenvalue weighted by Gasteiger charge is -2.19. The minimum atomic E-state index is -0.359. The van der Waals surface area contributed by atoms with Crippen LogP contribution in [-0.2, 0) is 4.79 Å². The minimum absolute atomic E-state index is 0.359. The van der Waals surface area contributed by atoms with Crippen molar-refractivity contribution in [2.24, 2.45) is 0 Å². The Morgan fingerprint density at radius 3 is 2.30 bits per heavy atom. The predicted octanol–water partition coefficient (Wildman–Crippen LogP) is 6.28. The summed E-state index contributed by atoms with van der Waals surface area (Å²) < 4.78 is 17.0. The summed E-state index contributed by atoms with van der Waals surface area (Å²) in [5, 5.41) is 9.99.